The van der Waals surface area contributed by atoms with Crippen LogP contribution in [0.1, 0.15) is 16.8 Å². The van der Waals surface area contributed by atoms with Gasteiger partial charge >= 0.3 is 0 Å². The Morgan fingerprint density at radius 1 is 0.950 bits per heavy atom. The predicted molar refractivity (Wildman–Crippen MR) is 85.0 cm³/mol. The van der Waals surface area contributed by atoms with Gasteiger partial charge in [-0.1, -0.05) is 24.3 Å². The second kappa shape index (κ2) is 5.33. The van der Waals surface area contributed by atoms with Crippen LogP contribution >= 0.6 is 0 Å². The number of benzene rings is 2. The van der Waals surface area contributed by atoms with E-state index in [2.05, 4.69) is 71.8 Å². The van der Waals surface area contributed by atoms with Gasteiger partial charge in [0.1, 0.15) is 0 Å². The van der Waals surface area contributed by atoms with Gasteiger partial charge in [0.2, 0.25) is 0 Å². The molecule has 0 saturated heterocycles. The summed E-state index contributed by atoms with van der Waals surface area (Å²) in [6, 6.07) is 19.1. The maximum Gasteiger partial charge on any atom is 0.0705 e. The van der Waals surface area contributed by atoms with Gasteiger partial charge in [-0.3, -0.25) is 4.98 Å². The van der Waals surface area contributed by atoms with Crippen molar-refractivity contribution in [1.82, 2.24) is 4.98 Å². The third kappa shape index (κ3) is 2.80. The van der Waals surface area contributed by atoms with Crippen molar-refractivity contribution in [2.45, 2.75) is 20.4 Å². The third-order valence-corrected chi connectivity index (χ3v) is 3.41. The van der Waals surface area contributed by atoms with Gasteiger partial charge in [0.05, 0.1) is 5.52 Å². The van der Waals surface area contributed by atoms with E-state index in [0.29, 0.717) is 0 Å². The average molecular weight is 262 g/mol. The van der Waals surface area contributed by atoms with Gasteiger partial charge in [0.25, 0.3) is 0 Å². The van der Waals surface area contributed by atoms with E-state index in [0.717, 1.165) is 23.4 Å². The van der Waals surface area contributed by atoms with Crippen molar-refractivity contribution in [3.63, 3.8) is 0 Å². The molecule has 20 heavy (non-hydrogen) atoms. The van der Waals surface area contributed by atoms with Crippen LogP contribution in [0.4, 0.5) is 5.69 Å². The van der Waals surface area contributed by atoms with Gasteiger partial charge in [-0.05, 0) is 55.3 Å². The molecule has 0 aliphatic heterocycles. The molecule has 2 heteroatoms. The van der Waals surface area contributed by atoms with Crippen LogP contribution in [-0.2, 0) is 6.54 Å². The molecular weight excluding hydrogens is 244 g/mol. The first kappa shape index (κ1) is 12.7. The quantitative estimate of drug-likeness (QED) is 0.753. The molecule has 2 aromatic carbocycles. The molecule has 0 aliphatic carbocycles. The van der Waals surface area contributed by atoms with E-state index in [1.165, 1.54) is 16.5 Å². The molecule has 0 fully saturated rings. The summed E-state index contributed by atoms with van der Waals surface area (Å²) in [6.45, 7) is 4.95. The minimum atomic E-state index is 0.827. The Balaban J connectivity index is 1.79. The monoisotopic (exact) mass is 262 g/mol. The molecule has 0 bridgehead atoms. The Bertz CT molecular complexity index is 747. The predicted octanol–water partition coefficient (Wildman–Crippen LogP) is 4.46. The summed E-state index contributed by atoms with van der Waals surface area (Å²) in [6.07, 6.45) is 0. The number of rotatable bonds is 3. The van der Waals surface area contributed by atoms with Crippen LogP contribution in [0.3, 0.4) is 0 Å². The molecular formula is C18H18N2. The van der Waals surface area contributed by atoms with Crippen molar-refractivity contribution in [2.75, 3.05) is 5.32 Å². The Hall–Kier alpha value is -2.35. The van der Waals surface area contributed by atoms with Crippen LogP contribution < -0.4 is 5.32 Å². The zero-order chi connectivity index (χ0) is 13.9. The normalized spacial score (nSPS) is 10.7. The van der Waals surface area contributed by atoms with E-state index < -0.39 is 0 Å². The second-order valence-electron chi connectivity index (χ2n) is 5.20. The molecule has 3 aromatic rings. The first-order valence-electron chi connectivity index (χ1n) is 6.87. The Labute approximate surface area is 119 Å². The minimum Gasteiger partial charge on any atom is -0.381 e. The number of pyridine rings is 1. The summed E-state index contributed by atoms with van der Waals surface area (Å²) in [7, 11) is 0. The lowest BCUT2D eigenvalue weighted by molar-refractivity contribution is 1.15. The summed E-state index contributed by atoms with van der Waals surface area (Å²) in [5.74, 6) is 0. The highest BCUT2D eigenvalue weighted by Gasteiger charge is 1.99. The summed E-state index contributed by atoms with van der Waals surface area (Å²) in [5, 5.41) is 4.65. The summed E-state index contributed by atoms with van der Waals surface area (Å²) >= 11 is 0. The van der Waals surface area contributed by atoms with E-state index in [-0.39, 0.29) is 0 Å². The summed E-state index contributed by atoms with van der Waals surface area (Å²) < 4.78 is 0. The van der Waals surface area contributed by atoms with E-state index in [9.17, 15) is 0 Å². The number of anilines is 1. The van der Waals surface area contributed by atoms with Crippen molar-refractivity contribution in [3.8, 4) is 0 Å². The van der Waals surface area contributed by atoms with E-state index in [1.54, 1.807) is 0 Å². The van der Waals surface area contributed by atoms with Crippen molar-refractivity contribution in [3.05, 3.63) is 71.4 Å². The Morgan fingerprint density at radius 3 is 2.70 bits per heavy atom. The minimum absolute atomic E-state index is 0.827. The molecule has 0 spiro atoms. The Morgan fingerprint density at radius 2 is 1.85 bits per heavy atom. The van der Waals surface area contributed by atoms with Gasteiger partial charge < -0.3 is 5.32 Å². The van der Waals surface area contributed by atoms with Gasteiger partial charge in [-0.25, -0.2) is 0 Å². The topological polar surface area (TPSA) is 24.9 Å². The maximum absolute atomic E-state index is 4.53. The number of aromatic nitrogens is 1. The SMILES string of the molecule is Cc1cccc(NCc2ccc3nc(C)ccc3c2)c1. The van der Waals surface area contributed by atoms with Gasteiger partial charge in [0, 0.05) is 23.3 Å². The van der Waals surface area contributed by atoms with Crippen LogP contribution in [0.25, 0.3) is 10.9 Å². The molecule has 100 valence electrons. The number of nitrogens with zero attached hydrogens (tertiary/aromatic N) is 1. The van der Waals surface area contributed by atoms with E-state index in [4.69, 9.17) is 0 Å². The number of hydrogen-bond donors (Lipinski definition) is 1. The maximum atomic E-state index is 4.53. The molecule has 0 saturated carbocycles. The van der Waals surface area contributed by atoms with Gasteiger partial charge in [-0.15, -0.1) is 0 Å². The van der Waals surface area contributed by atoms with E-state index in [1.807, 2.05) is 6.92 Å². The van der Waals surface area contributed by atoms with Crippen LogP contribution in [0.15, 0.2) is 54.6 Å². The van der Waals surface area contributed by atoms with Gasteiger partial charge in [0.15, 0.2) is 0 Å². The van der Waals surface area contributed by atoms with E-state index >= 15 is 0 Å². The highest BCUT2D eigenvalue weighted by Crippen LogP contribution is 2.16. The number of aryl methyl sites for hydroxylation is 2. The number of fused-ring (bicyclic) bond motifs is 1. The van der Waals surface area contributed by atoms with Crippen LogP contribution in [0, 0.1) is 13.8 Å². The number of hydrogen-bond acceptors (Lipinski definition) is 2. The third-order valence-electron chi connectivity index (χ3n) is 3.41. The zero-order valence-corrected chi connectivity index (χ0v) is 11.9. The lowest BCUT2D eigenvalue weighted by atomic mass is 10.1. The summed E-state index contributed by atoms with van der Waals surface area (Å²) in [5.41, 5.74) is 5.82. The fourth-order valence-electron chi connectivity index (χ4n) is 2.35. The second-order valence-corrected chi connectivity index (χ2v) is 5.20. The van der Waals surface area contributed by atoms with Crippen molar-refractivity contribution < 1.29 is 0 Å². The fraction of sp³-hybridized carbons (Fsp3) is 0.167. The zero-order valence-electron chi connectivity index (χ0n) is 11.9. The molecule has 0 aliphatic rings. The standard InChI is InChI=1S/C18H18N2/c1-13-4-3-5-17(10-13)19-12-15-7-9-18-16(11-15)8-6-14(2)20-18/h3-11,19H,12H2,1-2H3. The van der Waals surface area contributed by atoms with Crippen LogP contribution in [-0.4, -0.2) is 4.98 Å². The highest BCUT2D eigenvalue weighted by atomic mass is 14.9. The molecule has 1 N–H and O–H groups in total. The van der Waals surface area contributed by atoms with Crippen molar-refractivity contribution in [1.29, 1.82) is 0 Å². The van der Waals surface area contributed by atoms with Crippen LogP contribution in [0.5, 0.6) is 0 Å². The average Bonchev–Trinajstić information content (AvgIpc) is 2.45. The molecule has 3 rings (SSSR count). The van der Waals surface area contributed by atoms with Crippen molar-refractivity contribution >= 4 is 16.6 Å². The molecule has 0 atom stereocenters. The lowest BCUT2D eigenvalue weighted by Gasteiger charge is -2.08. The number of nitrogens with one attached hydrogen (secondary N) is 1. The first-order valence-corrected chi connectivity index (χ1v) is 6.87. The first-order chi connectivity index (χ1) is 9.70. The molecule has 1 aromatic heterocycles. The highest BCUT2D eigenvalue weighted by molar-refractivity contribution is 5.79. The fourth-order valence-corrected chi connectivity index (χ4v) is 2.35. The smallest absolute Gasteiger partial charge is 0.0705 e. The van der Waals surface area contributed by atoms with Gasteiger partial charge in [-0.2, -0.15) is 0 Å². The lowest BCUT2D eigenvalue weighted by Crippen LogP contribution is -1.99. The molecule has 1 heterocycles. The largest absolute Gasteiger partial charge is 0.381 e. The molecule has 0 radical (unpaired) electrons. The van der Waals surface area contributed by atoms with Crippen molar-refractivity contribution in [2.24, 2.45) is 0 Å². The van der Waals surface area contributed by atoms with Crippen LogP contribution in [0.2, 0.25) is 0 Å². The molecule has 0 unspecified atom stereocenters. The Kier molecular flexibility index (Phi) is 3.38. The molecule has 0 amide bonds. The molecule has 2 nitrogen and oxygen atoms in total. The summed E-state index contributed by atoms with van der Waals surface area (Å²) in [4.78, 5) is 4.53.